The minimum absolute atomic E-state index is 0.0462. The summed E-state index contributed by atoms with van der Waals surface area (Å²) in [7, 11) is 0. The van der Waals surface area contributed by atoms with E-state index in [1.165, 1.54) is 12.8 Å². The summed E-state index contributed by atoms with van der Waals surface area (Å²) in [4.78, 5) is 24.7. The van der Waals surface area contributed by atoms with Crippen LogP contribution in [0.25, 0.3) is 0 Å². The first-order valence-electron chi connectivity index (χ1n) is 9.87. The van der Waals surface area contributed by atoms with E-state index in [1.807, 2.05) is 22.9 Å². The molecule has 1 N–H and O–H groups in total. The highest BCUT2D eigenvalue weighted by Crippen LogP contribution is 2.31. The van der Waals surface area contributed by atoms with E-state index in [0.717, 1.165) is 12.8 Å². The average Bonchev–Trinajstić information content (AvgIpc) is 3.44. The number of ether oxygens (including phenoxy) is 1. The fraction of sp³-hybridized carbons (Fsp3) is 0.261. The molecule has 2 aromatic carbocycles. The van der Waals surface area contributed by atoms with Crippen molar-refractivity contribution in [2.45, 2.75) is 31.7 Å². The molecule has 1 aromatic heterocycles. The molecule has 3 aromatic rings. The van der Waals surface area contributed by atoms with Crippen LogP contribution in [0.15, 0.2) is 66.9 Å². The molecular formula is C23H23N3O3. The van der Waals surface area contributed by atoms with Crippen molar-refractivity contribution in [3.05, 3.63) is 78.0 Å². The molecule has 0 saturated heterocycles. The van der Waals surface area contributed by atoms with Crippen molar-refractivity contribution in [2.75, 3.05) is 11.9 Å². The Labute approximate surface area is 169 Å². The summed E-state index contributed by atoms with van der Waals surface area (Å²) in [5.41, 5.74) is 1.22. The number of nitrogens with one attached hydrogen (secondary N) is 1. The number of benzene rings is 2. The Bertz CT molecular complexity index is 974. The van der Waals surface area contributed by atoms with Crippen LogP contribution >= 0.6 is 0 Å². The van der Waals surface area contributed by atoms with E-state index in [1.54, 1.807) is 48.7 Å². The molecule has 6 nitrogen and oxygen atoms in total. The van der Waals surface area contributed by atoms with Crippen molar-refractivity contribution >= 4 is 17.5 Å². The number of anilines is 1. The summed E-state index contributed by atoms with van der Waals surface area (Å²) in [6.45, 7) is -0.109. The normalized spacial score (nSPS) is 13.9. The third kappa shape index (κ3) is 4.54. The minimum Gasteiger partial charge on any atom is -0.484 e. The monoisotopic (exact) mass is 389 g/mol. The van der Waals surface area contributed by atoms with Crippen molar-refractivity contribution in [3.8, 4) is 5.75 Å². The first-order valence-corrected chi connectivity index (χ1v) is 9.87. The van der Waals surface area contributed by atoms with Crippen molar-refractivity contribution in [2.24, 2.45) is 0 Å². The van der Waals surface area contributed by atoms with Crippen molar-refractivity contribution in [1.29, 1.82) is 0 Å². The molecular weight excluding hydrogens is 366 g/mol. The van der Waals surface area contributed by atoms with Crippen LogP contribution in [0.4, 0.5) is 5.82 Å². The first kappa shape index (κ1) is 18.9. The highest BCUT2D eigenvalue weighted by Gasteiger charge is 2.20. The third-order valence-electron chi connectivity index (χ3n) is 5.13. The van der Waals surface area contributed by atoms with E-state index in [9.17, 15) is 9.59 Å². The predicted octanol–water partition coefficient (Wildman–Crippen LogP) is 4.25. The lowest BCUT2D eigenvalue weighted by atomic mass is 10.0. The smallest absolute Gasteiger partial charge is 0.263 e. The maximum absolute atomic E-state index is 12.4. The number of carbonyl (C=O) groups is 2. The Morgan fingerprint density at radius 3 is 2.38 bits per heavy atom. The Kier molecular flexibility index (Phi) is 5.70. The van der Waals surface area contributed by atoms with E-state index in [-0.39, 0.29) is 18.3 Å². The van der Waals surface area contributed by atoms with Crippen LogP contribution in [-0.2, 0) is 4.79 Å². The molecule has 0 bridgehead atoms. The summed E-state index contributed by atoms with van der Waals surface area (Å²) >= 11 is 0. The lowest BCUT2D eigenvalue weighted by Crippen LogP contribution is -2.23. The zero-order valence-electron chi connectivity index (χ0n) is 16.1. The first-order chi connectivity index (χ1) is 14.2. The molecule has 148 valence electrons. The van der Waals surface area contributed by atoms with Crippen molar-refractivity contribution < 1.29 is 14.3 Å². The maximum Gasteiger partial charge on any atom is 0.263 e. The molecule has 0 spiro atoms. The predicted molar refractivity (Wildman–Crippen MR) is 110 cm³/mol. The Morgan fingerprint density at radius 2 is 1.66 bits per heavy atom. The number of aromatic nitrogens is 2. The van der Waals surface area contributed by atoms with Gasteiger partial charge in [-0.2, -0.15) is 5.10 Å². The molecule has 1 saturated carbocycles. The van der Waals surface area contributed by atoms with Gasteiger partial charge >= 0.3 is 0 Å². The summed E-state index contributed by atoms with van der Waals surface area (Å²) < 4.78 is 7.47. The van der Waals surface area contributed by atoms with Crippen LogP contribution in [0.1, 0.15) is 47.6 Å². The molecule has 1 aliphatic carbocycles. The van der Waals surface area contributed by atoms with Gasteiger partial charge in [0, 0.05) is 17.2 Å². The second kappa shape index (κ2) is 8.73. The summed E-state index contributed by atoms with van der Waals surface area (Å²) in [5, 5.41) is 7.22. The van der Waals surface area contributed by atoms with Gasteiger partial charge in [0.05, 0.1) is 12.2 Å². The van der Waals surface area contributed by atoms with Gasteiger partial charge in [0.1, 0.15) is 11.6 Å². The SMILES string of the molecule is O=C(COc1ccc(C(=O)c2ccccc2)cc1)Nc1ccnn1C1CCCC1. The molecule has 0 aliphatic heterocycles. The van der Waals surface area contributed by atoms with E-state index in [2.05, 4.69) is 10.4 Å². The van der Waals surface area contributed by atoms with E-state index < -0.39 is 0 Å². The third-order valence-corrected chi connectivity index (χ3v) is 5.13. The van der Waals surface area contributed by atoms with Gasteiger partial charge in [-0.05, 0) is 37.1 Å². The maximum atomic E-state index is 12.4. The second-order valence-electron chi connectivity index (χ2n) is 7.16. The average molecular weight is 389 g/mol. The molecule has 6 heteroatoms. The van der Waals surface area contributed by atoms with E-state index in [0.29, 0.717) is 28.7 Å². The fourth-order valence-corrected chi connectivity index (χ4v) is 3.64. The summed E-state index contributed by atoms with van der Waals surface area (Å²) in [6.07, 6.45) is 6.29. The van der Waals surface area contributed by atoms with Crippen LogP contribution in [0.2, 0.25) is 0 Å². The molecule has 29 heavy (non-hydrogen) atoms. The molecule has 1 aliphatic rings. The molecule has 4 rings (SSSR count). The zero-order chi connectivity index (χ0) is 20.1. The van der Waals surface area contributed by atoms with E-state index >= 15 is 0 Å². The molecule has 1 heterocycles. The number of carbonyl (C=O) groups excluding carboxylic acids is 2. The molecule has 1 amide bonds. The molecule has 0 radical (unpaired) electrons. The van der Waals surface area contributed by atoms with Crippen LogP contribution in [0.5, 0.6) is 5.75 Å². The highest BCUT2D eigenvalue weighted by atomic mass is 16.5. The Hall–Kier alpha value is -3.41. The van der Waals surface area contributed by atoms with Gasteiger partial charge in [0.2, 0.25) is 0 Å². The zero-order valence-corrected chi connectivity index (χ0v) is 16.1. The fourth-order valence-electron chi connectivity index (χ4n) is 3.64. The van der Waals surface area contributed by atoms with Crippen LogP contribution in [0, 0.1) is 0 Å². The van der Waals surface area contributed by atoms with Crippen molar-refractivity contribution in [1.82, 2.24) is 9.78 Å². The van der Waals surface area contributed by atoms with Crippen LogP contribution < -0.4 is 10.1 Å². The molecule has 0 unspecified atom stereocenters. The topological polar surface area (TPSA) is 73.2 Å². The number of rotatable bonds is 7. The van der Waals surface area contributed by atoms with Gasteiger partial charge in [-0.25, -0.2) is 4.68 Å². The number of hydrogen-bond acceptors (Lipinski definition) is 4. The Balaban J connectivity index is 1.32. The van der Waals surface area contributed by atoms with Gasteiger partial charge in [-0.3, -0.25) is 9.59 Å². The lowest BCUT2D eigenvalue weighted by molar-refractivity contribution is -0.118. The highest BCUT2D eigenvalue weighted by molar-refractivity contribution is 6.09. The summed E-state index contributed by atoms with van der Waals surface area (Å²) in [6, 6.07) is 18.1. The van der Waals surface area contributed by atoms with Gasteiger partial charge < -0.3 is 10.1 Å². The number of nitrogens with zero attached hydrogens (tertiary/aromatic N) is 2. The van der Waals surface area contributed by atoms with Gasteiger partial charge in [0.25, 0.3) is 5.91 Å². The quantitative estimate of drug-likeness (QED) is 0.613. The van der Waals surface area contributed by atoms with Crippen molar-refractivity contribution in [3.63, 3.8) is 0 Å². The second-order valence-corrected chi connectivity index (χ2v) is 7.16. The van der Waals surface area contributed by atoms with E-state index in [4.69, 9.17) is 4.74 Å². The van der Waals surface area contributed by atoms with Gasteiger partial charge in [-0.1, -0.05) is 43.2 Å². The van der Waals surface area contributed by atoms with Gasteiger partial charge in [0.15, 0.2) is 12.4 Å². The number of amides is 1. The number of ketones is 1. The standard InChI is InChI=1S/C23H23N3O3/c27-22(25-21-14-15-24-26(21)19-8-4-5-9-19)16-29-20-12-10-18(11-13-20)23(28)17-6-2-1-3-7-17/h1-3,6-7,10-15,19H,4-5,8-9,16H2,(H,25,27). The molecule has 0 atom stereocenters. The molecule has 1 fully saturated rings. The Morgan fingerprint density at radius 1 is 0.966 bits per heavy atom. The van der Waals surface area contributed by atoms with Gasteiger partial charge in [-0.15, -0.1) is 0 Å². The lowest BCUT2D eigenvalue weighted by Gasteiger charge is -2.14. The number of hydrogen-bond donors (Lipinski definition) is 1. The largest absolute Gasteiger partial charge is 0.484 e. The minimum atomic E-state index is -0.241. The summed E-state index contributed by atoms with van der Waals surface area (Å²) in [5.74, 6) is 0.952. The van der Waals surface area contributed by atoms with Crippen LogP contribution in [-0.4, -0.2) is 28.1 Å². The van der Waals surface area contributed by atoms with Crippen LogP contribution in [0.3, 0.4) is 0 Å².